The summed E-state index contributed by atoms with van der Waals surface area (Å²) in [6, 6.07) is 9.71. The van der Waals surface area contributed by atoms with E-state index < -0.39 is 24.0 Å². The molecule has 1 fully saturated rings. The predicted octanol–water partition coefficient (Wildman–Crippen LogP) is 1.44. The van der Waals surface area contributed by atoms with Crippen LogP contribution in [0.5, 0.6) is 0 Å². The van der Waals surface area contributed by atoms with Gasteiger partial charge in [0.25, 0.3) is 5.79 Å². The molecule has 3 rings (SSSR count). The first-order valence-corrected chi connectivity index (χ1v) is 7.76. The summed E-state index contributed by atoms with van der Waals surface area (Å²) in [5.74, 6) is -2.97. The van der Waals surface area contributed by atoms with E-state index in [1.54, 1.807) is 0 Å². The molecule has 6 nitrogen and oxygen atoms in total. The number of morpholine rings is 1. The molecule has 0 saturated carbocycles. The molecule has 7 heteroatoms. The molecule has 0 aromatic heterocycles. The van der Waals surface area contributed by atoms with Gasteiger partial charge in [0.05, 0.1) is 12.5 Å². The lowest BCUT2D eigenvalue weighted by atomic mass is 10.1. The maximum absolute atomic E-state index is 11.9. The summed E-state index contributed by atoms with van der Waals surface area (Å²) in [7, 11) is 0. The van der Waals surface area contributed by atoms with Gasteiger partial charge in [0.15, 0.2) is 0 Å². The summed E-state index contributed by atoms with van der Waals surface area (Å²) >= 11 is 6.01. The lowest BCUT2D eigenvalue weighted by molar-refractivity contribution is -0.315. The third kappa shape index (κ3) is 3.39. The fourth-order valence-corrected chi connectivity index (χ4v) is 2.91. The molecule has 23 heavy (non-hydrogen) atoms. The first-order chi connectivity index (χ1) is 11.1. The Hall–Kier alpha value is -1.89. The second-order valence-corrected chi connectivity index (χ2v) is 5.56. The average molecular weight is 338 g/mol. The predicted molar refractivity (Wildman–Crippen MR) is 81.4 cm³/mol. The van der Waals surface area contributed by atoms with Crippen LogP contribution in [0.3, 0.4) is 0 Å². The van der Waals surface area contributed by atoms with Crippen molar-refractivity contribution < 1.29 is 23.8 Å². The first-order valence-electron chi connectivity index (χ1n) is 7.22. The zero-order chi connectivity index (χ0) is 16.3. The number of rotatable bonds is 3. The summed E-state index contributed by atoms with van der Waals surface area (Å²) in [6.45, 7) is 1.35. The van der Waals surface area contributed by atoms with Gasteiger partial charge in [0, 0.05) is 25.2 Å². The maximum Gasteiger partial charge on any atom is 0.333 e. The van der Waals surface area contributed by atoms with Crippen molar-refractivity contribution in [1.29, 1.82) is 0 Å². The highest BCUT2D eigenvalue weighted by Crippen LogP contribution is 2.32. The van der Waals surface area contributed by atoms with E-state index in [4.69, 9.17) is 25.8 Å². The van der Waals surface area contributed by atoms with Crippen molar-refractivity contribution >= 4 is 23.5 Å². The number of hydrogen-bond acceptors (Lipinski definition) is 6. The fraction of sp³-hybridized carbons (Fsp3) is 0.375. The number of ether oxygens (including phenoxy) is 3. The molecule has 0 N–H and O–H groups in total. The number of esters is 2. The Morgan fingerprint density at radius 2 is 1.91 bits per heavy atom. The second-order valence-electron chi connectivity index (χ2n) is 5.29. The van der Waals surface area contributed by atoms with Crippen molar-refractivity contribution in [3.63, 3.8) is 0 Å². The van der Waals surface area contributed by atoms with E-state index in [0.29, 0.717) is 19.7 Å². The van der Waals surface area contributed by atoms with E-state index in [9.17, 15) is 9.59 Å². The lowest BCUT2D eigenvalue weighted by Gasteiger charge is -2.46. The van der Waals surface area contributed by atoms with Gasteiger partial charge >= 0.3 is 11.9 Å². The van der Waals surface area contributed by atoms with Crippen LogP contribution in [0, 0.1) is 0 Å². The summed E-state index contributed by atoms with van der Waals surface area (Å²) in [5, 5.41) is 0. The normalized spacial score (nSPS) is 29.7. The van der Waals surface area contributed by atoms with Crippen molar-refractivity contribution in [3.8, 4) is 0 Å². The molecule has 1 aromatic carbocycles. The van der Waals surface area contributed by atoms with Crippen LogP contribution in [0.1, 0.15) is 5.56 Å². The molecular formula is C16H16ClNO5. The lowest BCUT2D eigenvalue weighted by Crippen LogP contribution is -2.64. The molecule has 0 bridgehead atoms. The molecule has 2 unspecified atom stereocenters. The smallest absolute Gasteiger partial charge is 0.333 e. The van der Waals surface area contributed by atoms with Crippen LogP contribution in [0.15, 0.2) is 42.5 Å². The van der Waals surface area contributed by atoms with Crippen LogP contribution in [0.25, 0.3) is 0 Å². The average Bonchev–Trinajstić information content (AvgIpc) is 2.55. The Morgan fingerprint density at radius 3 is 2.65 bits per heavy atom. The van der Waals surface area contributed by atoms with E-state index >= 15 is 0 Å². The number of nitrogens with zero attached hydrogens (tertiary/aromatic N) is 1. The zero-order valence-corrected chi connectivity index (χ0v) is 13.1. The van der Waals surface area contributed by atoms with Crippen molar-refractivity contribution in [2.24, 2.45) is 0 Å². The Labute approximate surface area is 138 Å². The SMILES string of the molecule is O=C1/C=C/C(=O)OC2(CCl)OCCN(Cc3ccccc3)C2O1. The highest BCUT2D eigenvalue weighted by atomic mass is 35.5. The Balaban J connectivity index is 1.90. The van der Waals surface area contributed by atoms with Gasteiger partial charge in [-0.1, -0.05) is 30.3 Å². The summed E-state index contributed by atoms with van der Waals surface area (Å²) < 4.78 is 16.4. The number of fused-ring (bicyclic) bond motifs is 1. The number of benzene rings is 1. The van der Waals surface area contributed by atoms with Crippen LogP contribution in [0.2, 0.25) is 0 Å². The third-order valence-corrected chi connectivity index (χ3v) is 4.08. The molecule has 0 radical (unpaired) electrons. The quantitative estimate of drug-likeness (QED) is 0.614. The standard InChI is InChI=1S/C16H16ClNO5/c17-11-16-15(22-13(19)6-7-14(20)23-16)18(8-9-21-16)10-12-4-2-1-3-5-12/h1-7,15H,8-11H2/b7-6+. The Bertz CT molecular complexity index is 620. The minimum atomic E-state index is -1.51. The minimum absolute atomic E-state index is 0.143. The van der Waals surface area contributed by atoms with Gasteiger partial charge in [-0.25, -0.2) is 9.59 Å². The van der Waals surface area contributed by atoms with E-state index in [-0.39, 0.29) is 5.88 Å². The van der Waals surface area contributed by atoms with Crippen molar-refractivity contribution in [2.45, 2.75) is 18.6 Å². The van der Waals surface area contributed by atoms with Crippen LogP contribution >= 0.6 is 11.6 Å². The van der Waals surface area contributed by atoms with E-state index in [1.807, 2.05) is 35.2 Å². The molecule has 2 aliphatic rings. The first kappa shape index (κ1) is 16.0. The third-order valence-electron chi connectivity index (χ3n) is 3.70. The molecule has 0 spiro atoms. The molecule has 2 aliphatic heterocycles. The maximum atomic E-state index is 11.9. The zero-order valence-electron chi connectivity index (χ0n) is 12.3. The number of carbonyl (C=O) groups excluding carboxylic acids is 2. The van der Waals surface area contributed by atoms with Crippen LogP contribution in [0.4, 0.5) is 0 Å². The highest BCUT2D eigenvalue weighted by Gasteiger charge is 2.52. The summed E-state index contributed by atoms with van der Waals surface area (Å²) in [6.07, 6.45) is 1.14. The minimum Gasteiger partial charge on any atom is -0.436 e. The largest absolute Gasteiger partial charge is 0.436 e. The molecule has 122 valence electrons. The summed E-state index contributed by atoms with van der Waals surface area (Å²) in [4.78, 5) is 25.5. The number of hydrogen-bond donors (Lipinski definition) is 0. The highest BCUT2D eigenvalue weighted by molar-refractivity contribution is 6.18. The van der Waals surface area contributed by atoms with Crippen molar-refractivity contribution in [1.82, 2.24) is 4.90 Å². The van der Waals surface area contributed by atoms with Crippen LogP contribution in [-0.4, -0.2) is 47.9 Å². The molecule has 0 amide bonds. The molecule has 0 aliphatic carbocycles. The molecular weight excluding hydrogens is 322 g/mol. The molecule has 1 aromatic rings. The number of halogens is 1. The van der Waals surface area contributed by atoms with E-state index in [1.165, 1.54) is 0 Å². The van der Waals surface area contributed by atoms with Crippen LogP contribution in [-0.2, 0) is 30.3 Å². The molecule has 1 saturated heterocycles. The monoisotopic (exact) mass is 337 g/mol. The number of carbonyl (C=O) groups is 2. The summed E-state index contributed by atoms with van der Waals surface area (Å²) in [5.41, 5.74) is 1.04. The Kier molecular flexibility index (Phi) is 4.66. The molecule has 2 heterocycles. The van der Waals surface area contributed by atoms with Crippen molar-refractivity contribution in [2.75, 3.05) is 19.0 Å². The van der Waals surface area contributed by atoms with Gasteiger partial charge < -0.3 is 14.2 Å². The van der Waals surface area contributed by atoms with Crippen molar-refractivity contribution in [3.05, 3.63) is 48.0 Å². The fourth-order valence-electron chi connectivity index (χ4n) is 2.65. The van der Waals surface area contributed by atoms with Gasteiger partial charge in [0.2, 0.25) is 6.23 Å². The van der Waals surface area contributed by atoms with Gasteiger partial charge in [-0.2, -0.15) is 0 Å². The molecule has 2 atom stereocenters. The topological polar surface area (TPSA) is 65.1 Å². The van der Waals surface area contributed by atoms with E-state index in [2.05, 4.69) is 0 Å². The second kappa shape index (κ2) is 6.70. The van der Waals surface area contributed by atoms with Gasteiger partial charge in [0.1, 0.15) is 0 Å². The van der Waals surface area contributed by atoms with Gasteiger partial charge in [-0.05, 0) is 5.56 Å². The van der Waals surface area contributed by atoms with Crippen LogP contribution < -0.4 is 0 Å². The van der Waals surface area contributed by atoms with E-state index in [0.717, 1.165) is 17.7 Å². The number of alkyl halides is 1. The Morgan fingerprint density at radius 1 is 1.17 bits per heavy atom. The van der Waals surface area contributed by atoms with Gasteiger partial charge in [-0.15, -0.1) is 11.6 Å². The van der Waals surface area contributed by atoms with Gasteiger partial charge in [-0.3, -0.25) is 4.90 Å².